The summed E-state index contributed by atoms with van der Waals surface area (Å²) in [7, 11) is 0. The molecule has 4 rings (SSSR count). The van der Waals surface area contributed by atoms with Crippen molar-refractivity contribution in [2.75, 3.05) is 13.2 Å². The molecule has 0 radical (unpaired) electrons. The van der Waals surface area contributed by atoms with Crippen LogP contribution in [0.25, 0.3) is 0 Å². The Balaban J connectivity index is 1.39. The standard InChI is InChI=1S/C19H29N3O2/c1-19(2)16(15-6-4-12-24-17(15)19)22-18(21-13-7-8-13)20-10-9-14-5-3-11-23-14/h3,5,11,13,15-17H,4,6-10,12H2,1-2H3,(H2,20,21,22). The number of nitrogens with one attached hydrogen (secondary N) is 2. The predicted octanol–water partition coefficient (Wildman–Crippen LogP) is 2.72. The average Bonchev–Trinajstić information content (AvgIpc) is 3.24. The molecule has 5 nitrogen and oxygen atoms in total. The van der Waals surface area contributed by atoms with Crippen molar-refractivity contribution < 1.29 is 9.15 Å². The van der Waals surface area contributed by atoms with Gasteiger partial charge in [-0.3, -0.25) is 4.99 Å². The number of nitrogens with zero attached hydrogens (tertiary/aromatic N) is 1. The summed E-state index contributed by atoms with van der Waals surface area (Å²) >= 11 is 0. The van der Waals surface area contributed by atoms with Gasteiger partial charge in [0.15, 0.2) is 5.96 Å². The van der Waals surface area contributed by atoms with E-state index in [9.17, 15) is 0 Å². The summed E-state index contributed by atoms with van der Waals surface area (Å²) in [6.07, 6.45) is 7.90. The first-order valence-corrected chi connectivity index (χ1v) is 9.36. The fourth-order valence-corrected chi connectivity index (χ4v) is 4.25. The number of rotatable bonds is 5. The molecule has 1 aromatic heterocycles. The first kappa shape index (κ1) is 16.0. The first-order valence-electron chi connectivity index (χ1n) is 9.36. The van der Waals surface area contributed by atoms with E-state index in [1.165, 1.54) is 25.7 Å². The van der Waals surface area contributed by atoms with E-state index in [0.717, 1.165) is 31.3 Å². The highest BCUT2D eigenvalue weighted by molar-refractivity contribution is 5.81. The minimum atomic E-state index is 0.165. The van der Waals surface area contributed by atoms with Crippen molar-refractivity contribution in [3.05, 3.63) is 24.2 Å². The minimum absolute atomic E-state index is 0.165. The van der Waals surface area contributed by atoms with E-state index >= 15 is 0 Å². The lowest BCUT2D eigenvalue weighted by molar-refractivity contribution is -0.188. The van der Waals surface area contributed by atoms with Crippen molar-refractivity contribution in [3.8, 4) is 0 Å². The lowest BCUT2D eigenvalue weighted by Gasteiger charge is -2.60. The number of furan rings is 1. The summed E-state index contributed by atoms with van der Waals surface area (Å²) in [5.74, 6) is 2.57. The van der Waals surface area contributed by atoms with Crippen LogP contribution in [0.5, 0.6) is 0 Å². The molecule has 3 atom stereocenters. The topological polar surface area (TPSA) is 58.8 Å². The number of hydrogen-bond acceptors (Lipinski definition) is 3. The molecule has 2 heterocycles. The van der Waals surface area contributed by atoms with Crippen molar-refractivity contribution >= 4 is 5.96 Å². The van der Waals surface area contributed by atoms with E-state index in [-0.39, 0.29) is 5.41 Å². The number of fused-ring (bicyclic) bond motifs is 1. The normalized spacial score (nSPS) is 31.9. The van der Waals surface area contributed by atoms with Gasteiger partial charge in [0.25, 0.3) is 0 Å². The summed E-state index contributed by atoms with van der Waals surface area (Å²) in [5, 5.41) is 7.29. The fraction of sp³-hybridized carbons (Fsp3) is 0.737. The van der Waals surface area contributed by atoms with E-state index < -0.39 is 0 Å². The summed E-state index contributed by atoms with van der Waals surface area (Å²) in [6, 6.07) is 4.98. The summed E-state index contributed by atoms with van der Waals surface area (Å²) in [6.45, 7) is 6.29. The number of guanidine groups is 1. The van der Waals surface area contributed by atoms with Crippen molar-refractivity contribution in [2.24, 2.45) is 16.3 Å². The van der Waals surface area contributed by atoms with Gasteiger partial charge in [0.1, 0.15) is 5.76 Å². The number of hydrogen-bond donors (Lipinski definition) is 2. The Kier molecular flexibility index (Phi) is 4.29. The first-order chi connectivity index (χ1) is 11.6. The van der Waals surface area contributed by atoms with Crippen LogP contribution in [0.4, 0.5) is 0 Å². The third-order valence-corrected chi connectivity index (χ3v) is 5.75. The van der Waals surface area contributed by atoms with Gasteiger partial charge in [0, 0.05) is 43.0 Å². The Morgan fingerprint density at radius 1 is 1.29 bits per heavy atom. The second kappa shape index (κ2) is 6.43. The van der Waals surface area contributed by atoms with Gasteiger partial charge in [0.05, 0.1) is 12.4 Å². The SMILES string of the molecule is CC1(C)C(NC(=NCCc2ccco2)NC2CC2)C2CCCOC21. The summed E-state index contributed by atoms with van der Waals surface area (Å²) in [4.78, 5) is 4.80. The van der Waals surface area contributed by atoms with Crippen LogP contribution >= 0.6 is 0 Å². The quantitative estimate of drug-likeness (QED) is 0.643. The third kappa shape index (κ3) is 3.18. The van der Waals surface area contributed by atoms with Gasteiger partial charge >= 0.3 is 0 Å². The molecule has 24 heavy (non-hydrogen) atoms. The molecule has 3 fully saturated rings. The van der Waals surface area contributed by atoms with Gasteiger partial charge in [-0.25, -0.2) is 0 Å². The Morgan fingerprint density at radius 3 is 2.92 bits per heavy atom. The molecule has 2 aliphatic carbocycles. The van der Waals surface area contributed by atoms with Crippen LogP contribution in [0.2, 0.25) is 0 Å². The molecule has 3 unspecified atom stereocenters. The number of ether oxygens (including phenoxy) is 1. The second-order valence-electron chi connectivity index (χ2n) is 8.02. The lowest BCUT2D eigenvalue weighted by Crippen LogP contribution is -2.71. The van der Waals surface area contributed by atoms with Gasteiger partial charge in [-0.15, -0.1) is 0 Å². The van der Waals surface area contributed by atoms with E-state index in [4.69, 9.17) is 14.1 Å². The molecule has 2 N–H and O–H groups in total. The van der Waals surface area contributed by atoms with E-state index in [1.807, 2.05) is 12.1 Å². The van der Waals surface area contributed by atoms with E-state index in [0.29, 0.717) is 24.1 Å². The molecule has 0 bridgehead atoms. The maximum Gasteiger partial charge on any atom is 0.191 e. The van der Waals surface area contributed by atoms with Crippen LogP contribution in [0, 0.1) is 11.3 Å². The van der Waals surface area contributed by atoms with Crippen LogP contribution in [0.15, 0.2) is 27.8 Å². The van der Waals surface area contributed by atoms with Crippen molar-refractivity contribution in [1.82, 2.24) is 10.6 Å². The van der Waals surface area contributed by atoms with Crippen LogP contribution in [-0.4, -0.2) is 37.3 Å². The third-order valence-electron chi connectivity index (χ3n) is 5.75. The fourth-order valence-electron chi connectivity index (χ4n) is 4.25. The highest BCUT2D eigenvalue weighted by Crippen LogP contribution is 2.51. The highest BCUT2D eigenvalue weighted by Gasteiger charge is 2.58. The monoisotopic (exact) mass is 331 g/mol. The maximum atomic E-state index is 6.01. The summed E-state index contributed by atoms with van der Waals surface area (Å²) < 4.78 is 11.4. The Labute approximate surface area is 144 Å². The van der Waals surface area contributed by atoms with Crippen molar-refractivity contribution in [3.63, 3.8) is 0 Å². The molecule has 1 aliphatic heterocycles. The number of aliphatic imine (C=N–C) groups is 1. The van der Waals surface area contributed by atoms with Gasteiger partial charge < -0.3 is 19.8 Å². The van der Waals surface area contributed by atoms with Gasteiger partial charge in [-0.1, -0.05) is 13.8 Å². The zero-order chi connectivity index (χ0) is 16.6. The molecule has 3 aliphatic rings. The molecule has 0 aromatic carbocycles. The van der Waals surface area contributed by atoms with Crippen LogP contribution < -0.4 is 10.6 Å². The van der Waals surface area contributed by atoms with Crippen molar-refractivity contribution in [2.45, 2.75) is 64.1 Å². The zero-order valence-corrected chi connectivity index (χ0v) is 14.8. The highest BCUT2D eigenvalue weighted by atomic mass is 16.5. The lowest BCUT2D eigenvalue weighted by atomic mass is 9.55. The molecular weight excluding hydrogens is 302 g/mol. The Hall–Kier alpha value is -1.49. The van der Waals surface area contributed by atoms with Gasteiger partial charge in [-0.05, 0) is 37.8 Å². The van der Waals surface area contributed by atoms with Crippen LogP contribution in [-0.2, 0) is 11.2 Å². The van der Waals surface area contributed by atoms with Crippen molar-refractivity contribution in [1.29, 1.82) is 0 Å². The minimum Gasteiger partial charge on any atom is -0.469 e. The zero-order valence-electron chi connectivity index (χ0n) is 14.8. The van der Waals surface area contributed by atoms with E-state index in [2.05, 4.69) is 24.5 Å². The maximum absolute atomic E-state index is 6.01. The summed E-state index contributed by atoms with van der Waals surface area (Å²) in [5.41, 5.74) is 0.165. The molecule has 1 saturated heterocycles. The molecular formula is C19H29N3O2. The predicted molar refractivity (Wildman–Crippen MR) is 94.0 cm³/mol. The molecule has 5 heteroatoms. The molecule has 0 amide bonds. The smallest absolute Gasteiger partial charge is 0.191 e. The van der Waals surface area contributed by atoms with Crippen LogP contribution in [0.1, 0.15) is 45.3 Å². The van der Waals surface area contributed by atoms with Crippen LogP contribution in [0.3, 0.4) is 0 Å². The molecule has 132 valence electrons. The van der Waals surface area contributed by atoms with Gasteiger partial charge in [-0.2, -0.15) is 0 Å². The Morgan fingerprint density at radius 2 is 2.17 bits per heavy atom. The van der Waals surface area contributed by atoms with E-state index in [1.54, 1.807) is 6.26 Å². The molecule has 2 saturated carbocycles. The Bertz CT molecular complexity index is 577. The van der Waals surface area contributed by atoms with Gasteiger partial charge in [0.2, 0.25) is 0 Å². The molecule has 1 aromatic rings. The largest absolute Gasteiger partial charge is 0.469 e. The second-order valence-corrected chi connectivity index (χ2v) is 8.02. The average molecular weight is 331 g/mol. The molecule has 0 spiro atoms.